The van der Waals surface area contributed by atoms with Crippen LogP contribution in [0, 0.1) is 6.92 Å². The van der Waals surface area contributed by atoms with Crippen LogP contribution in [0.2, 0.25) is 5.15 Å². The van der Waals surface area contributed by atoms with E-state index in [1.165, 1.54) is 10.7 Å². The first kappa shape index (κ1) is 9.61. The van der Waals surface area contributed by atoms with Gasteiger partial charge in [-0.2, -0.15) is 9.61 Å². The maximum absolute atomic E-state index is 11.5. The van der Waals surface area contributed by atoms with Gasteiger partial charge in [-0.25, -0.2) is 4.98 Å². The molecule has 0 aromatic carbocycles. The second-order valence-corrected chi connectivity index (χ2v) is 4.01. The number of fused-ring (bicyclic) bond motifs is 1. The summed E-state index contributed by atoms with van der Waals surface area (Å²) in [6.07, 6.45) is 1.45. The number of aromatic nitrogens is 3. The van der Waals surface area contributed by atoms with E-state index in [9.17, 15) is 4.79 Å². The molecule has 4 nitrogen and oxygen atoms in total. The minimum absolute atomic E-state index is 0.267. The lowest BCUT2D eigenvalue weighted by Gasteiger charge is -2.01. The normalized spacial score (nSPS) is 10.8. The van der Waals surface area contributed by atoms with Crippen molar-refractivity contribution in [3.8, 4) is 0 Å². The van der Waals surface area contributed by atoms with Crippen molar-refractivity contribution >= 4 is 33.2 Å². The van der Waals surface area contributed by atoms with Gasteiger partial charge in [-0.15, -0.1) is 0 Å². The van der Waals surface area contributed by atoms with E-state index < -0.39 is 0 Å². The van der Waals surface area contributed by atoms with Gasteiger partial charge in [0.05, 0.1) is 0 Å². The third-order valence-corrected chi connectivity index (χ3v) is 2.70. The molecule has 2 heterocycles. The van der Waals surface area contributed by atoms with Gasteiger partial charge in [-0.05, 0) is 34.5 Å². The van der Waals surface area contributed by atoms with E-state index in [4.69, 9.17) is 11.6 Å². The fraction of sp³-hybridized carbons (Fsp3) is 0.125. The molecule has 0 saturated carbocycles. The van der Waals surface area contributed by atoms with Crippen LogP contribution in [-0.4, -0.2) is 14.6 Å². The van der Waals surface area contributed by atoms with Gasteiger partial charge in [0.1, 0.15) is 4.47 Å². The highest BCUT2D eigenvalue weighted by Crippen LogP contribution is 2.12. The maximum Gasteiger partial charge on any atom is 0.288 e. The molecule has 0 aliphatic heterocycles. The van der Waals surface area contributed by atoms with Gasteiger partial charge in [-0.1, -0.05) is 11.6 Å². The number of halogens is 2. The molecular weight excluding hydrogens is 269 g/mol. The molecule has 14 heavy (non-hydrogen) atoms. The Balaban J connectivity index is 2.97. The van der Waals surface area contributed by atoms with Crippen LogP contribution in [0.3, 0.4) is 0 Å². The third-order valence-electron chi connectivity index (χ3n) is 1.78. The quantitative estimate of drug-likeness (QED) is 0.736. The van der Waals surface area contributed by atoms with Gasteiger partial charge in [0, 0.05) is 6.20 Å². The topological polar surface area (TPSA) is 47.3 Å². The van der Waals surface area contributed by atoms with E-state index >= 15 is 0 Å². The molecule has 0 fully saturated rings. The highest BCUT2D eigenvalue weighted by atomic mass is 79.9. The highest BCUT2D eigenvalue weighted by Gasteiger charge is 2.05. The fourth-order valence-electron chi connectivity index (χ4n) is 1.05. The molecule has 0 aliphatic rings. The molecule has 0 unspecified atom stereocenters. The number of aryl methyl sites for hydroxylation is 1. The SMILES string of the molecule is Cc1cc2ncc(Br)c(=O)n2nc1Cl. The lowest BCUT2D eigenvalue weighted by molar-refractivity contribution is 0.854. The molecule has 0 saturated heterocycles. The fourth-order valence-corrected chi connectivity index (χ4v) is 1.45. The molecule has 0 aliphatic carbocycles. The molecule has 0 bridgehead atoms. The van der Waals surface area contributed by atoms with Gasteiger partial charge in [0.25, 0.3) is 5.56 Å². The van der Waals surface area contributed by atoms with Crippen molar-refractivity contribution in [3.05, 3.63) is 37.8 Å². The first-order chi connectivity index (χ1) is 6.59. The third kappa shape index (κ3) is 1.42. The predicted octanol–water partition coefficient (Wildman–Crippen LogP) is 1.81. The average molecular weight is 275 g/mol. The Morgan fingerprint density at radius 1 is 1.57 bits per heavy atom. The second-order valence-electron chi connectivity index (χ2n) is 2.80. The van der Waals surface area contributed by atoms with E-state index in [-0.39, 0.29) is 5.56 Å². The van der Waals surface area contributed by atoms with Crippen LogP contribution in [0.5, 0.6) is 0 Å². The lowest BCUT2D eigenvalue weighted by atomic mass is 10.3. The summed E-state index contributed by atoms with van der Waals surface area (Å²) in [4.78, 5) is 15.6. The first-order valence-corrected chi connectivity index (χ1v) is 4.97. The number of nitrogens with zero attached hydrogens (tertiary/aromatic N) is 3. The van der Waals surface area contributed by atoms with Crippen molar-refractivity contribution in [2.24, 2.45) is 0 Å². The van der Waals surface area contributed by atoms with Gasteiger partial charge >= 0.3 is 0 Å². The number of hydrogen-bond donors (Lipinski definition) is 0. The minimum atomic E-state index is -0.267. The van der Waals surface area contributed by atoms with E-state index in [0.29, 0.717) is 15.3 Å². The Labute approximate surface area is 92.7 Å². The molecule has 6 heteroatoms. The van der Waals surface area contributed by atoms with Crippen LogP contribution < -0.4 is 5.56 Å². The van der Waals surface area contributed by atoms with Crippen molar-refractivity contribution < 1.29 is 0 Å². The number of hydrogen-bond acceptors (Lipinski definition) is 3. The molecular formula is C8H5BrClN3O. The summed E-state index contributed by atoms with van der Waals surface area (Å²) >= 11 is 8.88. The molecule has 0 amide bonds. The van der Waals surface area contributed by atoms with Crippen molar-refractivity contribution in [1.29, 1.82) is 0 Å². The lowest BCUT2D eigenvalue weighted by Crippen LogP contribution is -2.18. The van der Waals surface area contributed by atoms with Crippen molar-refractivity contribution in [1.82, 2.24) is 14.6 Å². The van der Waals surface area contributed by atoms with E-state index in [1.54, 1.807) is 6.07 Å². The molecule has 0 radical (unpaired) electrons. The van der Waals surface area contributed by atoms with Crippen LogP contribution in [-0.2, 0) is 0 Å². The van der Waals surface area contributed by atoms with Crippen molar-refractivity contribution in [3.63, 3.8) is 0 Å². The highest BCUT2D eigenvalue weighted by molar-refractivity contribution is 9.10. The van der Waals surface area contributed by atoms with Gasteiger partial charge in [0.2, 0.25) is 0 Å². The van der Waals surface area contributed by atoms with Gasteiger partial charge < -0.3 is 0 Å². The largest absolute Gasteiger partial charge is 0.288 e. The minimum Gasteiger partial charge on any atom is -0.266 e. The molecule has 2 aromatic rings. The smallest absolute Gasteiger partial charge is 0.266 e. The average Bonchev–Trinajstić information content (AvgIpc) is 2.15. The summed E-state index contributed by atoms with van der Waals surface area (Å²) in [5, 5.41) is 4.22. The van der Waals surface area contributed by atoms with Crippen molar-refractivity contribution in [2.75, 3.05) is 0 Å². The van der Waals surface area contributed by atoms with E-state index in [1.807, 2.05) is 6.92 Å². The van der Waals surface area contributed by atoms with E-state index in [2.05, 4.69) is 26.0 Å². The summed E-state index contributed by atoms with van der Waals surface area (Å²) < 4.78 is 1.53. The molecule has 0 atom stereocenters. The molecule has 72 valence electrons. The zero-order valence-electron chi connectivity index (χ0n) is 7.16. The maximum atomic E-state index is 11.5. The van der Waals surface area contributed by atoms with Crippen LogP contribution in [0.1, 0.15) is 5.56 Å². The second kappa shape index (κ2) is 3.33. The Morgan fingerprint density at radius 3 is 3.00 bits per heavy atom. The van der Waals surface area contributed by atoms with Crippen LogP contribution in [0.4, 0.5) is 0 Å². The number of rotatable bonds is 0. The van der Waals surface area contributed by atoms with Crippen LogP contribution >= 0.6 is 27.5 Å². The summed E-state index contributed by atoms with van der Waals surface area (Å²) in [6, 6.07) is 1.71. The molecule has 0 spiro atoms. The van der Waals surface area contributed by atoms with E-state index in [0.717, 1.165) is 5.56 Å². The molecule has 2 aromatic heterocycles. The zero-order chi connectivity index (χ0) is 10.3. The van der Waals surface area contributed by atoms with Gasteiger partial charge in [0.15, 0.2) is 10.8 Å². The Kier molecular flexibility index (Phi) is 2.28. The summed E-state index contributed by atoms with van der Waals surface area (Å²) in [5.74, 6) is 0. The first-order valence-electron chi connectivity index (χ1n) is 3.80. The summed E-state index contributed by atoms with van der Waals surface area (Å²) in [7, 11) is 0. The summed E-state index contributed by atoms with van der Waals surface area (Å²) in [6.45, 7) is 1.81. The van der Waals surface area contributed by atoms with Gasteiger partial charge in [-0.3, -0.25) is 4.79 Å². The Hall–Kier alpha value is -0.940. The Morgan fingerprint density at radius 2 is 2.29 bits per heavy atom. The zero-order valence-corrected chi connectivity index (χ0v) is 9.50. The predicted molar refractivity (Wildman–Crippen MR) is 56.7 cm³/mol. The van der Waals surface area contributed by atoms with Crippen molar-refractivity contribution in [2.45, 2.75) is 6.92 Å². The molecule has 0 N–H and O–H groups in total. The van der Waals surface area contributed by atoms with Crippen LogP contribution in [0.25, 0.3) is 5.65 Å². The monoisotopic (exact) mass is 273 g/mol. The Bertz CT molecular complexity index is 566. The summed E-state index contributed by atoms with van der Waals surface area (Å²) in [5.41, 5.74) is 1.01. The standard InChI is InChI=1S/C8H5BrClN3O/c1-4-2-6-11-3-5(9)8(14)13(6)12-7(4)10/h2-3H,1H3. The van der Waals surface area contributed by atoms with Crippen LogP contribution in [0.15, 0.2) is 21.5 Å². The molecule has 2 rings (SSSR count).